The Balaban J connectivity index is 2.06. The van der Waals surface area contributed by atoms with Crippen molar-refractivity contribution >= 4 is 0 Å². The van der Waals surface area contributed by atoms with E-state index in [1.807, 2.05) is 23.9 Å². The van der Waals surface area contributed by atoms with Gasteiger partial charge in [0.15, 0.2) is 0 Å². The maximum absolute atomic E-state index is 8.57. The van der Waals surface area contributed by atoms with Gasteiger partial charge in [0.2, 0.25) is 0 Å². The van der Waals surface area contributed by atoms with Gasteiger partial charge in [0.05, 0.1) is 5.69 Å². The molecule has 0 bridgehead atoms. The van der Waals surface area contributed by atoms with E-state index in [2.05, 4.69) is 5.10 Å². The molecule has 0 aliphatic carbocycles. The van der Waals surface area contributed by atoms with Crippen LogP contribution in [-0.4, -0.2) is 21.5 Å². The minimum atomic E-state index is 0.320. The molecule has 1 aromatic heterocycles. The number of aliphatic hydroxyl groups excluding tert-OH is 1. The van der Waals surface area contributed by atoms with Crippen LogP contribution >= 0.6 is 0 Å². The molecule has 0 aliphatic rings. The molecule has 1 rings (SSSR count). The Labute approximate surface area is 79.4 Å². The Bertz CT molecular complexity index is 233. The molecule has 3 heteroatoms. The second-order valence-electron chi connectivity index (χ2n) is 3.36. The number of nitrogens with zero attached hydrogens (tertiary/aromatic N) is 2. The number of unbranched alkanes of at least 4 members (excludes halogenated alkanes) is 3. The molecule has 0 radical (unpaired) electrons. The van der Waals surface area contributed by atoms with E-state index >= 15 is 0 Å². The largest absolute Gasteiger partial charge is 0.396 e. The second kappa shape index (κ2) is 5.75. The fraction of sp³-hybridized carbons (Fsp3) is 0.700. The maximum atomic E-state index is 8.57. The van der Waals surface area contributed by atoms with Crippen LogP contribution in [0.3, 0.4) is 0 Å². The molecule has 0 aromatic carbocycles. The van der Waals surface area contributed by atoms with Crippen LogP contribution in [0, 0.1) is 6.92 Å². The Hall–Kier alpha value is -0.830. The van der Waals surface area contributed by atoms with Gasteiger partial charge in [-0.05, 0) is 25.8 Å². The maximum Gasteiger partial charge on any atom is 0.0593 e. The quantitative estimate of drug-likeness (QED) is 0.680. The summed E-state index contributed by atoms with van der Waals surface area (Å²) in [5.41, 5.74) is 1.08. The Morgan fingerprint density at radius 1 is 1.31 bits per heavy atom. The van der Waals surface area contributed by atoms with Gasteiger partial charge in [-0.3, -0.25) is 4.68 Å². The fourth-order valence-electron chi connectivity index (χ4n) is 1.33. The monoisotopic (exact) mass is 182 g/mol. The average Bonchev–Trinajstić information content (AvgIpc) is 2.51. The van der Waals surface area contributed by atoms with Gasteiger partial charge in [-0.25, -0.2) is 0 Å². The van der Waals surface area contributed by atoms with E-state index < -0.39 is 0 Å². The molecule has 0 atom stereocenters. The number of rotatable bonds is 6. The summed E-state index contributed by atoms with van der Waals surface area (Å²) in [6.45, 7) is 3.32. The summed E-state index contributed by atoms with van der Waals surface area (Å²) in [7, 11) is 0. The van der Waals surface area contributed by atoms with Gasteiger partial charge < -0.3 is 5.11 Å². The molecule has 0 amide bonds. The highest BCUT2D eigenvalue weighted by atomic mass is 16.2. The first-order valence-corrected chi connectivity index (χ1v) is 4.94. The Kier molecular flexibility index (Phi) is 4.54. The summed E-state index contributed by atoms with van der Waals surface area (Å²) in [6.07, 6.45) is 6.40. The zero-order valence-corrected chi connectivity index (χ0v) is 8.24. The van der Waals surface area contributed by atoms with Gasteiger partial charge in [-0.1, -0.05) is 12.8 Å². The number of hydrogen-bond acceptors (Lipinski definition) is 2. The first-order chi connectivity index (χ1) is 6.33. The zero-order valence-electron chi connectivity index (χ0n) is 8.24. The van der Waals surface area contributed by atoms with Crippen LogP contribution < -0.4 is 0 Å². The summed E-state index contributed by atoms with van der Waals surface area (Å²) in [5, 5.41) is 12.9. The molecule has 1 N–H and O–H groups in total. The van der Waals surface area contributed by atoms with Crippen LogP contribution in [0.15, 0.2) is 12.3 Å². The predicted molar refractivity (Wildman–Crippen MR) is 52.5 cm³/mol. The van der Waals surface area contributed by atoms with E-state index in [0.717, 1.165) is 31.5 Å². The third-order valence-electron chi connectivity index (χ3n) is 2.07. The summed E-state index contributed by atoms with van der Waals surface area (Å²) in [6, 6.07) is 2.02. The molecule has 0 saturated carbocycles. The van der Waals surface area contributed by atoms with Gasteiger partial charge in [0.1, 0.15) is 0 Å². The van der Waals surface area contributed by atoms with Gasteiger partial charge in [0.25, 0.3) is 0 Å². The topological polar surface area (TPSA) is 38.0 Å². The third-order valence-corrected chi connectivity index (χ3v) is 2.07. The summed E-state index contributed by atoms with van der Waals surface area (Å²) in [5.74, 6) is 0. The molecule has 74 valence electrons. The minimum absolute atomic E-state index is 0.320. The lowest BCUT2D eigenvalue weighted by Gasteiger charge is -2.00. The predicted octanol–water partition coefficient (Wildman–Crippen LogP) is 1.74. The molecule has 1 heterocycles. The molecule has 0 fully saturated rings. The number of aliphatic hydroxyl groups is 1. The van der Waals surface area contributed by atoms with Crippen molar-refractivity contribution in [3.63, 3.8) is 0 Å². The SMILES string of the molecule is Cc1ccn(CCCCCCO)n1. The van der Waals surface area contributed by atoms with Crippen molar-refractivity contribution in [1.82, 2.24) is 9.78 Å². The third kappa shape index (κ3) is 4.08. The van der Waals surface area contributed by atoms with Crippen LogP contribution in [0.2, 0.25) is 0 Å². The van der Waals surface area contributed by atoms with Crippen molar-refractivity contribution < 1.29 is 5.11 Å². The van der Waals surface area contributed by atoms with Gasteiger partial charge in [-0.15, -0.1) is 0 Å². The van der Waals surface area contributed by atoms with Gasteiger partial charge in [0, 0.05) is 19.3 Å². The van der Waals surface area contributed by atoms with E-state index in [-0.39, 0.29) is 0 Å². The van der Waals surface area contributed by atoms with Crippen molar-refractivity contribution in [3.8, 4) is 0 Å². The van der Waals surface area contributed by atoms with E-state index in [9.17, 15) is 0 Å². The molecule has 13 heavy (non-hydrogen) atoms. The fourth-order valence-corrected chi connectivity index (χ4v) is 1.33. The molecule has 0 unspecified atom stereocenters. The highest BCUT2D eigenvalue weighted by molar-refractivity contribution is 4.94. The first-order valence-electron chi connectivity index (χ1n) is 4.94. The van der Waals surface area contributed by atoms with E-state index in [0.29, 0.717) is 6.61 Å². The standard InChI is InChI=1S/C10H18N2O/c1-10-6-8-12(11-10)7-4-2-3-5-9-13/h6,8,13H,2-5,7,9H2,1H3. The molecule has 0 aliphatic heterocycles. The van der Waals surface area contributed by atoms with E-state index in [1.165, 1.54) is 6.42 Å². The van der Waals surface area contributed by atoms with Gasteiger partial charge >= 0.3 is 0 Å². The van der Waals surface area contributed by atoms with E-state index in [4.69, 9.17) is 5.11 Å². The van der Waals surface area contributed by atoms with Crippen LogP contribution in [0.1, 0.15) is 31.4 Å². The molecular formula is C10H18N2O. The number of aryl methyl sites for hydroxylation is 2. The lowest BCUT2D eigenvalue weighted by atomic mass is 10.2. The molecule has 1 aromatic rings. The number of hydrogen-bond donors (Lipinski definition) is 1. The minimum Gasteiger partial charge on any atom is -0.396 e. The molecular weight excluding hydrogens is 164 g/mol. The molecule has 0 spiro atoms. The lowest BCUT2D eigenvalue weighted by molar-refractivity contribution is 0.282. The first kappa shape index (κ1) is 10.3. The zero-order chi connectivity index (χ0) is 9.52. The van der Waals surface area contributed by atoms with Crippen LogP contribution in [0.5, 0.6) is 0 Å². The highest BCUT2D eigenvalue weighted by Crippen LogP contribution is 2.01. The summed E-state index contributed by atoms with van der Waals surface area (Å²) >= 11 is 0. The average molecular weight is 182 g/mol. The van der Waals surface area contributed by atoms with Crippen molar-refractivity contribution in [3.05, 3.63) is 18.0 Å². The van der Waals surface area contributed by atoms with Crippen LogP contribution in [0.25, 0.3) is 0 Å². The van der Waals surface area contributed by atoms with Crippen LogP contribution in [-0.2, 0) is 6.54 Å². The van der Waals surface area contributed by atoms with Crippen molar-refractivity contribution in [2.45, 2.75) is 39.2 Å². The highest BCUT2D eigenvalue weighted by Gasteiger charge is 1.93. The van der Waals surface area contributed by atoms with Gasteiger partial charge in [-0.2, -0.15) is 5.10 Å². The number of aromatic nitrogens is 2. The van der Waals surface area contributed by atoms with Crippen molar-refractivity contribution in [2.75, 3.05) is 6.61 Å². The van der Waals surface area contributed by atoms with Crippen LogP contribution in [0.4, 0.5) is 0 Å². The molecule has 3 nitrogen and oxygen atoms in total. The Morgan fingerprint density at radius 2 is 2.08 bits per heavy atom. The smallest absolute Gasteiger partial charge is 0.0593 e. The lowest BCUT2D eigenvalue weighted by Crippen LogP contribution is -1.98. The van der Waals surface area contributed by atoms with Crippen molar-refractivity contribution in [2.24, 2.45) is 0 Å². The van der Waals surface area contributed by atoms with E-state index in [1.54, 1.807) is 0 Å². The normalized spacial score (nSPS) is 10.6. The summed E-state index contributed by atoms with van der Waals surface area (Å²) in [4.78, 5) is 0. The molecule has 0 saturated heterocycles. The second-order valence-corrected chi connectivity index (χ2v) is 3.36. The summed E-state index contributed by atoms with van der Waals surface area (Å²) < 4.78 is 1.98. The Morgan fingerprint density at radius 3 is 2.69 bits per heavy atom. The van der Waals surface area contributed by atoms with Crippen molar-refractivity contribution in [1.29, 1.82) is 0 Å².